The Balaban J connectivity index is 1.65. The van der Waals surface area contributed by atoms with Crippen molar-refractivity contribution in [1.29, 1.82) is 0 Å². The zero-order valence-electron chi connectivity index (χ0n) is 21.9. The summed E-state index contributed by atoms with van der Waals surface area (Å²) in [5.41, 5.74) is 1.95. The summed E-state index contributed by atoms with van der Waals surface area (Å²) in [6.07, 6.45) is 0.880. The molecule has 2 bridgehead atoms. The third kappa shape index (κ3) is 2.85. The molecule has 6 rings (SSSR count). The van der Waals surface area contributed by atoms with Gasteiger partial charge in [0, 0.05) is 0 Å². The topological polar surface area (TPSA) is 63.7 Å². The molecule has 3 aliphatic rings. The van der Waals surface area contributed by atoms with Gasteiger partial charge in [0.25, 0.3) is 0 Å². The largest absolute Gasteiger partial charge is 0.492 e. The number of nitrogens with zero attached hydrogens (tertiary/aromatic N) is 1. The number of allylic oxidation sites excluding steroid dienone is 2. The highest BCUT2D eigenvalue weighted by Gasteiger charge is 2.80. The highest BCUT2D eigenvalue weighted by Crippen LogP contribution is 2.75. The summed E-state index contributed by atoms with van der Waals surface area (Å²) in [5, 5.41) is 0. The number of para-hydroxylation sites is 2. The Labute approximate surface area is 223 Å². The molecule has 0 radical (unpaired) electrons. The number of ketones is 1. The van der Waals surface area contributed by atoms with E-state index in [0.29, 0.717) is 30.9 Å². The van der Waals surface area contributed by atoms with Gasteiger partial charge in [-0.05, 0) is 54.2 Å². The van der Waals surface area contributed by atoms with Crippen LogP contribution in [-0.4, -0.2) is 24.2 Å². The molecular weight excluding hydrogens is 474 g/mol. The number of fused-ring (bicyclic) bond motifs is 5. The molecule has 4 atom stereocenters. The molecule has 0 aromatic heterocycles. The minimum atomic E-state index is -1.09. The van der Waals surface area contributed by atoms with Crippen LogP contribution in [0.4, 0.5) is 5.69 Å². The van der Waals surface area contributed by atoms with E-state index in [1.807, 2.05) is 87.5 Å². The second-order valence-electron chi connectivity index (χ2n) is 10.3. The molecule has 5 nitrogen and oxygen atoms in total. The molecule has 3 aromatic rings. The quantitative estimate of drug-likeness (QED) is 0.359. The molecule has 0 spiro atoms. The van der Waals surface area contributed by atoms with Crippen LogP contribution >= 0.6 is 0 Å². The van der Waals surface area contributed by atoms with E-state index in [1.165, 1.54) is 4.90 Å². The van der Waals surface area contributed by atoms with Crippen LogP contribution in [-0.2, 0) is 14.4 Å². The molecule has 3 aromatic carbocycles. The molecule has 0 N–H and O–H groups in total. The third-order valence-corrected chi connectivity index (χ3v) is 8.97. The number of benzene rings is 3. The molecule has 1 aliphatic heterocycles. The zero-order chi connectivity index (χ0) is 26.7. The van der Waals surface area contributed by atoms with Gasteiger partial charge in [-0.1, -0.05) is 86.6 Å². The smallest absolute Gasteiger partial charge is 0.239 e. The number of carbonyl (C=O) groups is 3. The molecule has 2 aliphatic carbocycles. The maximum Gasteiger partial charge on any atom is 0.239 e. The van der Waals surface area contributed by atoms with E-state index in [4.69, 9.17) is 4.74 Å². The second-order valence-corrected chi connectivity index (χ2v) is 10.3. The Morgan fingerprint density at radius 1 is 0.658 bits per heavy atom. The number of rotatable bonds is 7. The first kappa shape index (κ1) is 24.4. The zero-order valence-corrected chi connectivity index (χ0v) is 21.9. The molecular formula is C33H31NO4. The highest BCUT2D eigenvalue weighted by molar-refractivity contribution is 6.35. The Hall–Kier alpha value is -3.99. The average Bonchev–Trinajstić information content (AvgIpc) is 3.45. The summed E-state index contributed by atoms with van der Waals surface area (Å²) >= 11 is 0. The van der Waals surface area contributed by atoms with Crippen molar-refractivity contribution >= 4 is 34.4 Å². The van der Waals surface area contributed by atoms with Gasteiger partial charge in [-0.3, -0.25) is 14.4 Å². The van der Waals surface area contributed by atoms with Crippen LogP contribution in [0.5, 0.6) is 5.75 Å². The van der Waals surface area contributed by atoms with Gasteiger partial charge in [-0.15, -0.1) is 0 Å². The van der Waals surface area contributed by atoms with Crippen molar-refractivity contribution in [3.63, 3.8) is 0 Å². The fourth-order valence-corrected chi connectivity index (χ4v) is 7.61. The third-order valence-electron chi connectivity index (χ3n) is 8.97. The maximum atomic E-state index is 14.8. The van der Waals surface area contributed by atoms with Crippen LogP contribution in [0.3, 0.4) is 0 Å². The Bertz CT molecular complexity index is 1390. The van der Waals surface area contributed by atoms with E-state index in [9.17, 15) is 14.4 Å². The van der Waals surface area contributed by atoms with Crippen LogP contribution in [0, 0.1) is 22.7 Å². The van der Waals surface area contributed by atoms with E-state index in [-0.39, 0.29) is 17.6 Å². The van der Waals surface area contributed by atoms with Crippen LogP contribution in [0.2, 0.25) is 0 Å². The molecule has 1 heterocycles. The fraction of sp³-hybridized carbons (Fsp3) is 0.303. The van der Waals surface area contributed by atoms with Gasteiger partial charge in [-0.25, -0.2) is 4.90 Å². The molecule has 192 valence electrons. The number of ether oxygens (including phenoxy) is 1. The lowest BCUT2D eigenvalue weighted by Crippen LogP contribution is -2.42. The molecule has 1 saturated carbocycles. The van der Waals surface area contributed by atoms with E-state index < -0.39 is 22.7 Å². The minimum Gasteiger partial charge on any atom is -0.492 e. The minimum absolute atomic E-state index is 0.0159. The highest BCUT2D eigenvalue weighted by atomic mass is 16.5. The predicted octanol–water partition coefficient (Wildman–Crippen LogP) is 6.19. The molecule has 38 heavy (non-hydrogen) atoms. The van der Waals surface area contributed by atoms with Crippen LogP contribution in [0.1, 0.15) is 44.7 Å². The van der Waals surface area contributed by atoms with E-state index in [2.05, 4.69) is 0 Å². The molecule has 2 fully saturated rings. The van der Waals surface area contributed by atoms with Crippen molar-refractivity contribution in [2.24, 2.45) is 22.7 Å². The first-order valence-electron chi connectivity index (χ1n) is 13.5. The number of hydrogen-bond donors (Lipinski definition) is 0. The summed E-state index contributed by atoms with van der Waals surface area (Å²) in [6, 6.07) is 27.0. The molecule has 0 unspecified atom stereocenters. The van der Waals surface area contributed by atoms with Crippen molar-refractivity contribution in [3.05, 3.63) is 96.1 Å². The van der Waals surface area contributed by atoms with Gasteiger partial charge >= 0.3 is 0 Å². The van der Waals surface area contributed by atoms with Gasteiger partial charge in [0.05, 0.1) is 35.0 Å². The van der Waals surface area contributed by atoms with Gasteiger partial charge in [0.15, 0.2) is 5.78 Å². The van der Waals surface area contributed by atoms with Crippen molar-refractivity contribution in [1.82, 2.24) is 0 Å². The summed E-state index contributed by atoms with van der Waals surface area (Å²) < 4.78 is 5.82. The van der Waals surface area contributed by atoms with Crippen LogP contribution in [0.15, 0.2) is 84.9 Å². The van der Waals surface area contributed by atoms with E-state index in [1.54, 1.807) is 18.2 Å². The summed E-state index contributed by atoms with van der Waals surface area (Å²) in [6.45, 7) is 6.24. The lowest BCUT2D eigenvalue weighted by Gasteiger charge is -2.38. The Morgan fingerprint density at radius 2 is 1.11 bits per heavy atom. The molecule has 5 heteroatoms. The van der Waals surface area contributed by atoms with Crippen LogP contribution < -0.4 is 9.64 Å². The number of anilines is 1. The molecule has 1 saturated heterocycles. The van der Waals surface area contributed by atoms with Crippen molar-refractivity contribution in [2.75, 3.05) is 11.5 Å². The number of imide groups is 1. The van der Waals surface area contributed by atoms with Crippen LogP contribution in [0.25, 0.3) is 11.1 Å². The van der Waals surface area contributed by atoms with Gasteiger partial charge in [0.2, 0.25) is 11.8 Å². The fourth-order valence-electron chi connectivity index (χ4n) is 7.61. The monoisotopic (exact) mass is 505 g/mol. The normalized spacial score (nSPS) is 27.9. The summed E-state index contributed by atoms with van der Waals surface area (Å²) in [5.74, 6) is -1.63. The number of hydrogen-bond acceptors (Lipinski definition) is 4. The predicted molar refractivity (Wildman–Crippen MR) is 147 cm³/mol. The average molecular weight is 506 g/mol. The van der Waals surface area contributed by atoms with Crippen molar-refractivity contribution in [3.8, 4) is 5.75 Å². The van der Waals surface area contributed by atoms with Crippen molar-refractivity contribution < 1.29 is 19.1 Å². The van der Waals surface area contributed by atoms with Gasteiger partial charge in [0.1, 0.15) is 5.75 Å². The first-order chi connectivity index (χ1) is 18.5. The molecule has 2 amide bonds. The number of carbonyl (C=O) groups excluding carboxylic acids is 3. The first-order valence-corrected chi connectivity index (χ1v) is 13.5. The van der Waals surface area contributed by atoms with Crippen molar-refractivity contribution in [2.45, 2.75) is 33.6 Å². The lowest BCUT2D eigenvalue weighted by molar-refractivity contribution is -0.134. The Morgan fingerprint density at radius 3 is 1.55 bits per heavy atom. The SMILES string of the molecule is CCOc1ccccc1N1C(=O)[C@@H]2[C@H](C1=O)[C@@]1(CC)C(=O)[C@@]2(CC)C(c2ccccc2)=C1c1ccccc1. The maximum absolute atomic E-state index is 14.8. The lowest BCUT2D eigenvalue weighted by atomic mass is 9.60. The summed E-state index contributed by atoms with van der Waals surface area (Å²) in [4.78, 5) is 44.9. The summed E-state index contributed by atoms with van der Waals surface area (Å²) in [7, 11) is 0. The van der Waals surface area contributed by atoms with Gasteiger partial charge < -0.3 is 4.74 Å². The number of Topliss-reactive ketones (excluding diaryl/α,β-unsaturated/α-hetero) is 1. The van der Waals surface area contributed by atoms with Gasteiger partial charge in [-0.2, -0.15) is 0 Å². The Kier molecular flexibility index (Phi) is 5.64. The second kappa shape index (κ2) is 8.80. The standard InChI is InChI=1S/C33H31NO4/c1-4-32-25(21-15-9-7-10-16-21)26(22-17-11-8-12-18-22)33(5-2,31(32)37)28-27(32)29(35)34(30(28)36)23-19-13-14-20-24(23)38-6-3/h7-20,27-28H,4-6H2,1-3H3/t27-,28+,32-,33-/m0/s1. The van der Waals surface area contributed by atoms with E-state index >= 15 is 0 Å². The number of amides is 2. The van der Waals surface area contributed by atoms with E-state index in [0.717, 1.165) is 22.3 Å².